The highest BCUT2D eigenvalue weighted by Crippen LogP contribution is 2.32. The molecule has 0 aromatic heterocycles. The first-order chi connectivity index (χ1) is 10.2. The van der Waals surface area contributed by atoms with Gasteiger partial charge in [0, 0.05) is 19.6 Å². The molecule has 4 nitrogen and oxygen atoms in total. The number of fused-ring (bicyclic) bond motifs is 1. The molecule has 0 saturated carbocycles. The zero-order valence-electron chi connectivity index (χ0n) is 13.3. The van der Waals surface area contributed by atoms with Crippen molar-refractivity contribution in [1.82, 2.24) is 4.90 Å². The molecule has 0 saturated heterocycles. The van der Waals surface area contributed by atoms with Crippen LogP contribution in [0.25, 0.3) is 0 Å². The average Bonchev–Trinajstić information content (AvgIpc) is 2.55. The third-order valence-electron chi connectivity index (χ3n) is 4.21. The molecule has 1 heterocycles. The van der Waals surface area contributed by atoms with Crippen molar-refractivity contribution in [3.63, 3.8) is 0 Å². The number of para-hydroxylation sites is 1. The molecule has 0 spiro atoms. The molecule has 4 heteroatoms. The van der Waals surface area contributed by atoms with Gasteiger partial charge in [0.25, 0.3) is 5.91 Å². The molecule has 1 aromatic rings. The van der Waals surface area contributed by atoms with Gasteiger partial charge in [-0.1, -0.05) is 32.8 Å². The maximum atomic E-state index is 12.8. The fraction of sp³-hybridized carbons (Fsp3) is 0.588. The first-order valence-electron chi connectivity index (χ1n) is 8.00. The number of amides is 1. The van der Waals surface area contributed by atoms with E-state index in [4.69, 9.17) is 4.74 Å². The second kappa shape index (κ2) is 7.34. The standard InChI is InChI=1S/C17H26N2O2/c1-4-13(5-2)12-19(6-3)17(20)14-8-7-9-15-16(14)21-11-10-18-15/h7-9,13,18H,4-6,10-12H2,1-3H3. The van der Waals surface area contributed by atoms with Crippen LogP contribution in [-0.2, 0) is 0 Å². The van der Waals surface area contributed by atoms with E-state index in [9.17, 15) is 4.79 Å². The number of benzene rings is 1. The smallest absolute Gasteiger partial charge is 0.257 e. The minimum absolute atomic E-state index is 0.0740. The van der Waals surface area contributed by atoms with Crippen LogP contribution in [-0.4, -0.2) is 37.0 Å². The van der Waals surface area contributed by atoms with E-state index in [1.807, 2.05) is 30.0 Å². The van der Waals surface area contributed by atoms with Gasteiger partial charge in [0.15, 0.2) is 5.75 Å². The number of hydrogen-bond donors (Lipinski definition) is 1. The molecule has 21 heavy (non-hydrogen) atoms. The maximum absolute atomic E-state index is 12.8. The van der Waals surface area contributed by atoms with Crippen molar-refractivity contribution < 1.29 is 9.53 Å². The van der Waals surface area contributed by atoms with Gasteiger partial charge in [-0.05, 0) is 25.0 Å². The Morgan fingerprint density at radius 1 is 1.33 bits per heavy atom. The monoisotopic (exact) mass is 290 g/mol. The fourth-order valence-electron chi connectivity index (χ4n) is 2.72. The zero-order valence-corrected chi connectivity index (χ0v) is 13.3. The van der Waals surface area contributed by atoms with E-state index in [1.54, 1.807) is 0 Å². The van der Waals surface area contributed by atoms with Crippen LogP contribution in [0, 0.1) is 5.92 Å². The van der Waals surface area contributed by atoms with E-state index in [1.165, 1.54) is 0 Å². The Balaban J connectivity index is 2.21. The Morgan fingerprint density at radius 2 is 2.10 bits per heavy atom. The predicted molar refractivity (Wildman–Crippen MR) is 86.1 cm³/mol. The van der Waals surface area contributed by atoms with Gasteiger partial charge in [-0.2, -0.15) is 0 Å². The van der Waals surface area contributed by atoms with E-state index < -0.39 is 0 Å². The van der Waals surface area contributed by atoms with Crippen molar-refractivity contribution >= 4 is 11.6 Å². The molecule has 0 bridgehead atoms. The maximum Gasteiger partial charge on any atom is 0.257 e. The molecule has 1 aliphatic rings. The van der Waals surface area contributed by atoms with Gasteiger partial charge in [-0.15, -0.1) is 0 Å². The molecule has 0 unspecified atom stereocenters. The fourth-order valence-corrected chi connectivity index (χ4v) is 2.72. The summed E-state index contributed by atoms with van der Waals surface area (Å²) >= 11 is 0. The highest BCUT2D eigenvalue weighted by Gasteiger charge is 2.23. The SMILES string of the molecule is CCC(CC)CN(CC)C(=O)c1cccc2c1OCCN2. The number of nitrogens with zero attached hydrogens (tertiary/aromatic N) is 1. The lowest BCUT2D eigenvalue weighted by molar-refractivity contribution is 0.0730. The summed E-state index contributed by atoms with van der Waals surface area (Å²) in [6, 6.07) is 5.74. The second-order valence-corrected chi connectivity index (χ2v) is 5.48. The lowest BCUT2D eigenvalue weighted by Crippen LogP contribution is -2.35. The van der Waals surface area contributed by atoms with Gasteiger partial charge in [0.1, 0.15) is 6.61 Å². The molecule has 0 atom stereocenters. The van der Waals surface area contributed by atoms with E-state index >= 15 is 0 Å². The number of ether oxygens (including phenoxy) is 1. The van der Waals surface area contributed by atoms with E-state index in [-0.39, 0.29) is 5.91 Å². The van der Waals surface area contributed by atoms with Gasteiger partial charge in [-0.3, -0.25) is 4.79 Å². The Morgan fingerprint density at radius 3 is 2.76 bits per heavy atom. The third kappa shape index (κ3) is 3.49. The number of carbonyl (C=O) groups is 1. The predicted octanol–water partition coefficient (Wildman–Crippen LogP) is 3.39. The van der Waals surface area contributed by atoms with Crippen LogP contribution in [0.4, 0.5) is 5.69 Å². The summed E-state index contributed by atoms with van der Waals surface area (Å²) in [5.41, 5.74) is 1.60. The van der Waals surface area contributed by atoms with E-state index in [2.05, 4.69) is 19.2 Å². The first kappa shape index (κ1) is 15.7. The summed E-state index contributed by atoms with van der Waals surface area (Å²) in [5, 5.41) is 3.28. The lowest BCUT2D eigenvalue weighted by Gasteiger charge is -2.28. The summed E-state index contributed by atoms with van der Waals surface area (Å²) in [5.74, 6) is 1.34. The van der Waals surface area contributed by atoms with Crippen molar-refractivity contribution in [2.75, 3.05) is 31.6 Å². The normalized spacial score (nSPS) is 13.3. The van der Waals surface area contributed by atoms with Crippen LogP contribution in [0.5, 0.6) is 5.75 Å². The van der Waals surface area contributed by atoms with Gasteiger partial charge in [0.2, 0.25) is 0 Å². The van der Waals surface area contributed by atoms with Gasteiger partial charge in [-0.25, -0.2) is 0 Å². The minimum atomic E-state index is 0.0740. The van der Waals surface area contributed by atoms with Gasteiger partial charge < -0.3 is 15.0 Å². The van der Waals surface area contributed by atoms with Crippen molar-refractivity contribution in [3.05, 3.63) is 23.8 Å². The van der Waals surface area contributed by atoms with Crippen LogP contribution < -0.4 is 10.1 Å². The largest absolute Gasteiger partial charge is 0.489 e. The Labute approximate surface area is 127 Å². The molecule has 1 amide bonds. The lowest BCUT2D eigenvalue weighted by atomic mass is 10.0. The summed E-state index contributed by atoms with van der Waals surface area (Å²) < 4.78 is 5.72. The van der Waals surface area contributed by atoms with Gasteiger partial charge in [0.05, 0.1) is 11.3 Å². The number of anilines is 1. The van der Waals surface area contributed by atoms with E-state index in [0.29, 0.717) is 23.8 Å². The highest BCUT2D eigenvalue weighted by atomic mass is 16.5. The molecule has 1 aliphatic heterocycles. The van der Waals surface area contributed by atoms with Gasteiger partial charge >= 0.3 is 0 Å². The topological polar surface area (TPSA) is 41.6 Å². The summed E-state index contributed by atoms with van der Waals surface area (Å²) in [6.07, 6.45) is 2.20. The van der Waals surface area contributed by atoms with E-state index in [0.717, 1.165) is 38.2 Å². The quantitative estimate of drug-likeness (QED) is 0.873. The molecule has 0 aliphatic carbocycles. The summed E-state index contributed by atoms with van der Waals surface area (Å²) in [7, 11) is 0. The molecule has 0 radical (unpaired) electrons. The molecular weight excluding hydrogens is 264 g/mol. The minimum Gasteiger partial charge on any atom is -0.489 e. The molecule has 116 valence electrons. The molecule has 1 aromatic carbocycles. The Kier molecular flexibility index (Phi) is 5.48. The van der Waals surface area contributed by atoms with Crippen molar-refractivity contribution in [1.29, 1.82) is 0 Å². The molecule has 2 rings (SSSR count). The molecular formula is C17H26N2O2. The highest BCUT2D eigenvalue weighted by molar-refractivity contribution is 5.99. The Hall–Kier alpha value is -1.71. The first-order valence-corrected chi connectivity index (χ1v) is 8.00. The molecule has 1 N–H and O–H groups in total. The van der Waals surface area contributed by atoms with Crippen molar-refractivity contribution in [2.45, 2.75) is 33.6 Å². The number of carbonyl (C=O) groups excluding carboxylic acids is 1. The van der Waals surface area contributed by atoms with Crippen LogP contribution in [0.1, 0.15) is 44.0 Å². The molecule has 0 fully saturated rings. The summed E-state index contributed by atoms with van der Waals surface area (Å²) in [4.78, 5) is 14.8. The zero-order chi connectivity index (χ0) is 15.2. The average molecular weight is 290 g/mol. The third-order valence-corrected chi connectivity index (χ3v) is 4.21. The summed E-state index contributed by atoms with van der Waals surface area (Å²) in [6.45, 7) is 9.35. The van der Waals surface area contributed by atoms with Crippen LogP contribution in [0.2, 0.25) is 0 Å². The Bertz CT molecular complexity index is 484. The second-order valence-electron chi connectivity index (χ2n) is 5.48. The van der Waals surface area contributed by atoms with Crippen LogP contribution in [0.3, 0.4) is 0 Å². The van der Waals surface area contributed by atoms with Crippen molar-refractivity contribution in [2.24, 2.45) is 5.92 Å². The van der Waals surface area contributed by atoms with Crippen molar-refractivity contribution in [3.8, 4) is 5.75 Å². The van der Waals surface area contributed by atoms with Crippen LogP contribution >= 0.6 is 0 Å². The van der Waals surface area contributed by atoms with Crippen LogP contribution in [0.15, 0.2) is 18.2 Å². The number of nitrogens with one attached hydrogen (secondary N) is 1. The number of rotatable bonds is 6. The number of hydrogen-bond acceptors (Lipinski definition) is 3.